The van der Waals surface area contributed by atoms with Crippen LogP contribution in [0.15, 0.2) is 42.5 Å². The van der Waals surface area contributed by atoms with Gasteiger partial charge in [0.2, 0.25) is 0 Å². The van der Waals surface area contributed by atoms with E-state index in [2.05, 4.69) is 11.8 Å². The van der Waals surface area contributed by atoms with E-state index in [0.29, 0.717) is 6.42 Å². The number of benzene rings is 1. The van der Waals surface area contributed by atoms with Crippen molar-refractivity contribution in [2.24, 2.45) is 5.41 Å². The molecule has 0 bridgehead atoms. The first-order valence-electron chi connectivity index (χ1n) is 8.24. The number of carbonyl (C=O) groups excluding carboxylic acids is 2. The quantitative estimate of drug-likeness (QED) is 0.338. The molecule has 0 aliphatic heterocycles. The molecule has 0 saturated carbocycles. The first-order chi connectivity index (χ1) is 11.3. The van der Waals surface area contributed by atoms with E-state index < -0.39 is 11.5 Å². The number of unbranched alkanes of at least 4 members (excludes halogenated alkanes) is 1. The summed E-state index contributed by atoms with van der Waals surface area (Å²) in [6, 6.07) is 9.62. The second kappa shape index (κ2) is 9.72. The van der Waals surface area contributed by atoms with Crippen molar-refractivity contribution in [1.29, 1.82) is 0 Å². The van der Waals surface area contributed by atoms with Gasteiger partial charge in [-0.3, -0.25) is 9.59 Å². The summed E-state index contributed by atoms with van der Waals surface area (Å²) in [5.74, 6) is 5.90. The van der Waals surface area contributed by atoms with E-state index in [9.17, 15) is 9.59 Å². The summed E-state index contributed by atoms with van der Waals surface area (Å²) in [5.41, 5.74) is 0.340. The molecule has 0 heterocycles. The Balaban J connectivity index is 2.71. The fourth-order valence-electron chi connectivity index (χ4n) is 1.82. The lowest BCUT2D eigenvalue weighted by molar-refractivity contribution is -0.156. The van der Waals surface area contributed by atoms with E-state index in [4.69, 9.17) is 4.74 Å². The Hall–Kier alpha value is -2.34. The van der Waals surface area contributed by atoms with E-state index in [0.717, 1.165) is 18.4 Å². The molecule has 0 amide bonds. The molecule has 0 radical (unpaired) electrons. The zero-order valence-electron chi connectivity index (χ0n) is 15.0. The largest absolute Gasteiger partial charge is 0.449 e. The number of carbonyl (C=O) groups is 2. The van der Waals surface area contributed by atoms with E-state index in [1.54, 1.807) is 6.08 Å². The molecule has 0 fully saturated rings. The van der Waals surface area contributed by atoms with Crippen LogP contribution in [0, 0.1) is 17.3 Å². The third kappa shape index (κ3) is 8.33. The molecule has 128 valence electrons. The predicted octanol–water partition coefficient (Wildman–Crippen LogP) is 4.31. The Labute approximate surface area is 145 Å². The second-order valence-electron chi connectivity index (χ2n) is 6.72. The van der Waals surface area contributed by atoms with Crippen LogP contribution in [-0.2, 0) is 14.3 Å². The number of hydrogen-bond acceptors (Lipinski definition) is 3. The smallest absolute Gasteiger partial charge is 0.312 e. The van der Waals surface area contributed by atoms with Gasteiger partial charge in [-0.25, -0.2) is 0 Å². The van der Waals surface area contributed by atoms with Gasteiger partial charge in [0.1, 0.15) is 0 Å². The summed E-state index contributed by atoms with van der Waals surface area (Å²) >= 11 is 0. The molecule has 3 heteroatoms. The molecule has 1 aromatic carbocycles. The number of rotatable bonds is 6. The lowest BCUT2D eigenvalue weighted by Gasteiger charge is -2.20. The predicted molar refractivity (Wildman–Crippen MR) is 96.3 cm³/mol. The van der Waals surface area contributed by atoms with Crippen molar-refractivity contribution >= 4 is 11.8 Å². The van der Waals surface area contributed by atoms with Gasteiger partial charge in [0.15, 0.2) is 11.9 Å². The van der Waals surface area contributed by atoms with Gasteiger partial charge in [-0.1, -0.05) is 36.1 Å². The Morgan fingerprint density at radius 1 is 1.21 bits per heavy atom. The van der Waals surface area contributed by atoms with Gasteiger partial charge in [0.25, 0.3) is 0 Å². The fourth-order valence-corrected chi connectivity index (χ4v) is 1.82. The van der Waals surface area contributed by atoms with Gasteiger partial charge in [-0.05, 0) is 65.2 Å². The molecule has 0 aliphatic rings. The third-order valence-corrected chi connectivity index (χ3v) is 3.20. The highest BCUT2D eigenvalue weighted by molar-refractivity contribution is 5.87. The summed E-state index contributed by atoms with van der Waals surface area (Å²) in [6.07, 6.45) is 5.17. The van der Waals surface area contributed by atoms with Crippen LogP contribution in [0.5, 0.6) is 0 Å². The molecule has 1 unspecified atom stereocenters. The van der Waals surface area contributed by atoms with Crippen molar-refractivity contribution in [2.45, 2.75) is 53.1 Å². The zero-order valence-corrected chi connectivity index (χ0v) is 15.0. The maximum absolute atomic E-state index is 12.1. The molecule has 1 rings (SSSR count). The Morgan fingerprint density at radius 2 is 1.88 bits per heavy atom. The summed E-state index contributed by atoms with van der Waals surface area (Å²) in [7, 11) is 0. The number of ether oxygens (including phenoxy) is 1. The molecule has 0 spiro atoms. The van der Waals surface area contributed by atoms with Gasteiger partial charge in [-0.15, -0.1) is 0 Å². The molecule has 0 aromatic heterocycles. The van der Waals surface area contributed by atoms with Gasteiger partial charge in [0.05, 0.1) is 5.41 Å². The van der Waals surface area contributed by atoms with Crippen molar-refractivity contribution in [1.82, 2.24) is 0 Å². The van der Waals surface area contributed by atoms with E-state index in [-0.39, 0.29) is 11.8 Å². The van der Waals surface area contributed by atoms with Gasteiger partial charge in [0, 0.05) is 5.56 Å². The number of allylic oxidation sites excluding steroid dienone is 2. The van der Waals surface area contributed by atoms with Crippen LogP contribution >= 0.6 is 0 Å². The van der Waals surface area contributed by atoms with Gasteiger partial charge >= 0.3 is 5.97 Å². The van der Waals surface area contributed by atoms with Crippen LogP contribution in [0.4, 0.5) is 0 Å². The van der Waals surface area contributed by atoms with E-state index in [1.165, 1.54) is 6.92 Å². The molecule has 0 saturated heterocycles. The van der Waals surface area contributed by atoms with Crippen molar-refractivity contribution in [3.05, 3.63) is 48.0 Å². The van der Waals surface area contributed by atoms with Gasteiger partial charge in [-0.2, -0.15) is 0 Å². The molecule has 0 aliphatic carbocycles. The van der Waals surface area contributed by atoms with Crippen molar-refractivity contribution in [2.75, 3.05) is 0 Å². The number of hydrogen-bond donors (Lipinski definition) is 0. The summed E-state index contributed by atoms with van der Waals surface area (Å²) in [5, 5.41) is 0. The molecule has 24 heavy (non-hydrogen) atoms. The standard InChI is InChI=1S/C21H26O3/c1-17(22)11-7-5-10-14-19(24-20(23)21(2,3)4)16-15-18-12-8-6-9-13-18/h6-9,11-13,19H,5,10,14H2,1-4H3/b11-7+. The second-order valence-corrected chi connectivity index (χ2v) is 6.72. The van der Waals surface area contributed by atoms with E-state index >= 15 is 0 Å². The minimum Gasteiger partial charge on any atom is -0.449 e. The molecule has 0 N–H and O–H groups in total. The summed E-state index contributed by atoms with van der Waals surface area (Å²) in [6.45, 7) is 7.00. The average Bonchev–Trinajstić information content (AvgIpc) is 2.51. The minimum atomic E-state index is -0.554. The van der Waals surface area contributed by atoms with Crippen LogP contribution in [0.3, 0.4) is 0 Å². The van der Waals surface area contributed by atoms with Gasteiger partial charge < -0.3 is 4.74 Å². The Bertz CT molecular complexity index is 625. The van der Waals surface area contributed by atoms with Crippen LogP contribution in [0.1, 0.15) is 52.5 Å². The minimum absolute atomic E-state index is 0.0366. The van der Waals surface area contributed by atoms with Crippen molar-refractivity contribution in [3.8, 4) is 11.8 Å². The van der Waals surface area contributed by atoms with Crippen LogP contribution < -0.4 is 0 Å². The molecular formula is C21H26O3. The lowest BCUT2D eigenvalue weighted by atomic mass is 9.97. The summed E-state index contributed by atoms with van der Waals surface area (Å²) < 4.78 is 5.56. The van der Waals surface area contributed by atoms with Crippen molar-refractivity contribution in [3.63, 3.8) is 0 Å². The highest BCUT2D eigenvalue weighted by Crippen LogP contribution is 2.18. The van der Waals surface area contributed by atoms with Crippen LogP contribution in [0.2, 0.25) is 0 Å². The molecule has 1 aromatic rings. The number of esters is 1. The number of ketones is 1. The lowest BCUT2D eigenvalue weighted by Crippen LogP contribution is -2.27. The van der Waals surface area contributed by atoms with Crippen LogP contribution in [0.25, 0.3) is 0 Å². The highest BCUT2D eigenvalue weighted by atomic mass is 16.5. The Morgan fingerprint density at radius 3 is 2.46 bits per heavy atom. The maximum Gasteiger partial charge on any atom is 0.312 e. The molecule has 1 atom stereocenters. The first kappa shape index (κ1) is 19.7. The normalized spacial score (nSPS) is 12.3. The topological polar surface area (TPSA) is 43.4 Å². The Kier molecular flexibility index (Phi) is 7.98. The zero-order chi connectivity index (χ0) is 18.0. The molecular weight excluding hydrogens is 300 g/mol. The monoisotopic (exact) mass is 326 g/mol. The van der Waals surface area contributed by atoms with E-state index in [1.807, 2.05) is 57.2 Å². The highest BCUT2D eigenvalue weighted by Gasteiger charge is 2.25. The third-order valence-electron chi connectivity index (χ3n) is 3.20. The maximum atomic E-state index is 12.1. The van der Waals surface area contributed by atoms with Crippen LogP contribution in [-0.4, -0.2) is 17.9 Å². The first-order valence-corrected chi connectivity index (χ1v) is 8.24. The average molecular weight is 326 g/mol. The molecule has 3 nitrogen and oxygen atoms in total. The SMILES string of the molecule is CC(=O)/C=C/CCCC(C#Cc1ccccc1)OC(=O)C(C)(C)C. The van der Waals surface area contributed by atoms with Crippen molar-refractivity contribution < 1.29 is 14.3 Å². The fraction of sp³-hybridized carbons (Fsp3) is 0.429. The summed E-state index contributed by atoms with van der Waals surface area (Å²) in [4.78, 5) is 23.0.